The fourth-order valence-electron chi connectivity index (χ4n) is 3.46. The summed E-state index contributed by atoms with van der Waals surface area (Å²) >= 11 is 0. The lowest BCUT2D eigenvalue weighted by molar-refractivity contribution is -0.931. The minimum atomic E-state index is -1.08. The lowest BCUT2D eigenvalue weighted by Gasteiger charge is -2.32. The highest BCUT2D eigenvalue weighted by atomic mass is 16.4. The largest absolute Gasteiger partial charge is 0.550 e. The molecule has 132 valence electrons. The lowest BCUT2D eigenvalue weighted by atomic mass is 9.99. The summed E-state index contributed by atoms with van der Waals surface area (Å²) in [4.78, 5) is 10.8. The van der Waals surface area contributed by atoms with Crippen LogP contribution in [0.15, 0.2) is 0 Å². The number of likely N-dealkylation sites (tertiary alicyclic amines) is 1. The highest BCUT2D eigenvalue weighted by molar-refractivity contribution is 5.60. The van der Waals surface area contributed by atoms with E-state index in [9.17, 15) is 0 Å². The third kappa shape index (κ3) is 13.1. The Hall–Kier alpha value is -0.570. The molecule has 1 heterocycles. The first kappa shape index (κ1) is 21.4. The van der Waals surface area contributed by atoms with Gasteiger partial charge in [-0.2, -0.15) is 0 Å². The minimum absolute atomic E-state index is 0.972. The van der Waals surface area contributed by atoms with Gasteiger partial charge in [-0.15, -0.1) is 0 Å². The van der Waals surface area contributed by atoms with Crippen LogP contribution in [0.3, 0.4) is 0 Å². The molecule has 3 nitrogen and oxygen atoms in total. The van der Waals surface area contributed by atoms with Gasteiger partial charge in [0.1, 0.15) is 0 Å². The van der Waals surface area contributed by atoms with Gasteiger partial charge in [0, 0.05) is 5.97 Å². The summed E-state index contributed by atoms with van der Waals surface area (Å²) in [6.07, 6.45) is 17.5. The molecule has 1 fully saturated rings. The first-order chi connectivity index (χ1) is 10.6. The molecule has 0 amide bonds. The van der Waals surface area contributed by atoms with Crippen molar-refractivity contribution in [3.05, 3.63) is 0 Å². The van der Waals surface area contributed by atoms with E-state index in [4.69, 9.17) is 9.90 Å². The zero-order chi connectivity index (χ0) is 16.6. The van der Waals surface area contributed by atoms with Crippen LogP contribution in [0.25, 0.3) is 0 Å². The van der Waals surface area contributed by atoms with Crippen molar-refractivity contribution in [1.29, 1.82) is 0 Å². The van der Waals surface area contributed by atoms with Crippen LogP contribution >= 0.6 is 0 Å². The monoisotopic (exact) mass is 313 g/mol. The third-order valence-electron chi connectivity index (χ3n) is 4.72. The number of aliphatic carboxylic acids is 1. The molecule has 0 bridgehead atoms. The molecule has 2 unspecified atom stereocenters. The Morgan fingerprint density at radius 3 is 2.09 bits per heavy atom. The van der Waals surface area contributed by atoms with Gasteiger partial charge in [0.2, 0.25) is 0 Å². The molecule has 1 aliphatic rings. The molecule has 0 spiro atoms. The number of carboxylic acids is 1. The van der Waals surface area contributed by atoms with E-state index in [1.807, 2.05) is 4.90 Å². The first-order valence-electron chi connectivity index (χ1n) is 9.63. The predicted molar refractivity (Wildman–Crippen MR) is 91.9 cm³/mol. The fourth-order valence-corrected chi connectivity index (χ4v) is 3.46. The Bertz CT molecular complexity index is 252. The quantitative estimate of drug-likeness (QED) is 0.630. The van der Waals surface area contributed by atoms with Crippen LogP contribution in [0, 0.1) is 0 Å². The Balaban J connectivity index is 0.000000980. The SMILES string of the molecule is CC(=O)[O-].CCCCCCCCCC[NH+]1CCCCC1CC. The van der Waals surface area contributed by atoms with Crippen molar-refractivity contribution < 1.29 is 14.8 Å². The standard InChI is InChI=1S/C17H35N.C2H4O2/c1-3-5-6-7-8-9-10-12-15-18-16-13-11-14-17(18)4-2;1-2(3)4/h17H,3-16H2,1-2H3;1H3,(H,3,4). The van der Waals surface area contributed by atoms with Crippen molar-refractivity contribution in [3.8, 4) is 0 Å². The fraction of sp³-hybridized carbons (Fsp3) is 0.947. The van der Waals surface area contributed by atoms with Crippen LogP contribution in [-0.2, 0) is 4.79 Å². The molecule has 1 rings (SSSR count). The zero-order valence-electron chi connectivity index (χ0n) is 15.3. The van der Waals surface area contributed by atoms with Gasteiger partial charge in [-0.1, -0.05) is 52.4 Å². The molecule has 0 aliphatic carbocycles. The predicted octanol–water partition coefficient (Wildman–Crippen LogP) is 2.73. The van der Waals surface area contributed by atoms with E-state index in [1.165, 1.54) is 90.1 Å². The van der Waals surface area contributed by atoms with Gasteiger partial charge in [-0.3, -0.25) is 0 Å². The number of unbranched alkanes of at least 4 members (excludes halogenated alkanes) is 7. The second kappa shape index (κ2) is 15.3. The van der Waals surface area contributed by atoms with E-state index >= 15 is 0 Å². The normalized spacial score (nSPS) is 21.0. The van der Waals surface area contributed by atoms with Crippen molar-refractivity contribution in [3.63, 3.8) is 0 Å². The number of quaternary nitrogens is 1. The zero-order valence-corrected chi connectivity index (χ0v) is 15.3. The van der Waals surface area contributed by atoms with E-state index in [1.54, 1.807) is 0 Å². The second-order valence-electron chi connectivity index (χ2n) is 6.73. The molecule has 0 saturated carbocycles. The maximum Gasteiger partial charge on any atom is 0.0872 e. The molecule has 1 saturated heterocycles. The molecule has 0 radical (unpaired) electrons. The van der Waals surface area contributed by atoms with Gasteiger partial charge in [0.25, 0.3) is 0 Å². The number of carboxylic acid groups (broad SMARTS) is 1. The number of hydrogen-bond donors (Lipinski definition) is 1. The summed E-state index contributed by atoms with van der Waals surface area (Å²) in [6, 6.07) is 0.989. The van der Waals surface area contributed by atoms with Gasteiger partial charge < -0.3 is 14.8 Å². The topological polar surface area (TPSA) is 44.6 Å². The van der Waals surface area contributed by atoms with Crippen molar-refractivity contribution in [1.82, 2.24) is 0 Å². The maximum atomic E-state index is 8.89. The Morgan fingerprint density at radius 2 is 1.55 bits per heavy atom. The van der Waals surface area contributed by atoms with E-state index < -0.39 is 5.97 Å². The molecule has 1 N–H and O–H groups in total. The average molecular weight is 314 g/mol. The van der Waals surface area contributed by atoms with E-state index in [2.05, 4.69) is 13.8 Å². The molecule has 3 heteroatoms. The third-order valence-corrected chi connectivity index (χ3v) is 4.72. The van der Waals surface area contributed by atoms with Crippen molar-refractivity contribution in [2.75, 3.05) is 13.1 Å². The van der Waals surface area contributed by atoms with E-state index in [0.29, 0.717) is 0 Å². The molecule has 22 heavy (non-hydrogen) atoms. The number of piperidine rings is 1. The Kier molecular flexibility index (Phi) is 14.9. The van der Waals surface area contributed by atoms with Gasteiger partial charge in [0.05, 0.1) is 19.1 Å². The van der Waals surface area contributed by atoms with Crippen molar-refractivity contribution >= 4 is 5.97 Å². The summed E-state index contributed by atoms with van der Waals surface area (Å²) in [5.74, 6) is -1.08. The summed E-state index contributed by atoms with van der Waals surface area (Å²) in [6.45, 7) is 8.55. The van der Waals surface area contributed by atoms with Gasteiger partial charge in [0.15, 0.2) is 0 Å². The van der Waals surface area contributed by atoms with Gasteiger partial charge >= 0.3 is 0 Å². The van der Waals surface area contributed by atoms with Crippen LogP contribution in [0.4, 0.5) is 0 Å². The Labute approximate surface area is 138 Å². The van der Waals surface area contributed by atoms with Crippen LogP contribution in [-0.4, -0.2) is 25.1 Å². The second-order valence-corrected chi connectivity index (χ2v) is 6.73. The number of rotatable bonds is 10. The van der Waals surface area contributed by atoms with Gasteiger partial charge in [-0.25, -0.2) is 0 Å². The highest BCUT2D eigenvalue weighted by Crippen LogP contribution is 2.09. The first-order valence-corrected chi connectivity index (χ1v) is 9.63. The summed E-state index contributed by atoms with van der Waals surface area (Å²) in [5, 5.41) is 8.89. The van der Waals surface area contributed by atoms with Gasteiger partial charge in [-0.05, 0) is 45.4 Å². The molecule has 2 atom stereocenters. The van der Waals surface area contributed by atoms with Crippen LogP contribution in [0.5, 0.6) is 0 Å². The minimum Gasteiger partial charge on any atom is -0.550 e. The number of nitrogens with one attached hydrogen (secondary N) is 1. The average Bonchev–Trinajstić information content (AvgIpc) is 2.50. The molecule has 1 aliphatic heterocycles. The van der Waals surface area contributed by atoms with Crippen molar-refractivity contribution in [2.24, 2.45) is 0 Å². The molecule has 0 aromatic carbocycles. The number of hydrogen-bond acceptors (Lipinski definition) is 2. The molecule has 0 aromatic heterocycles. The molecular weight excluding hydrogens is 274 g/mol. The number of carbonyl (C=O) groups excluding carboxylic acids is 1. The van der Waals surface area contributed by atoms with E-state index in [0.717, 1.165) is 13.0 Å². The Morgan fingerprint density at radius 1 is 1.00 bits per heavy atom. The summed E-state index contributed by atoms with van der Waals surface area (Å²) in [7, 11) is 0. The smallest absolute Gasteiger partial charge is 0.0872 e. The van der Waals surface area contributed by atoms with Crippen molar-refractivity contribution in [2.45, 2.75) is 104 Å². The summed E-state index contributed by atoms with van der Waals surface area (Å²) in [5.41, 5.74) is 0. The highest BCUT2D eigenvalue weighted by Gasteiger charge is 2.23. The van der Waals surface area contributed by atoms with Crippen LogP contribution < -0.4 is 10.0 Å². The summed E-state index contributed by atoms with van der Waals surface area (Å²) < 4.78 is 0. The van der Waals surface area contributed by atoms with Crippen LogP contribution in [0.2, 0.25) is 0 Å². The van der Waals surface area contributed by atoms with Crippen LogP contribution in [0.1, 0.15) is 97.8 Å². The molecular formula is C19H39NO2. The van der Waals surface area contributed by atoms with E-state index in [-0.39, 0.29) is 0 Å². The molecule has 0 aromatic rings. The maximum absolute atomic E-state index is 8.89. The lowest BCUT2D eigenvalue weighted by Crippen LogP contribution is -3.16. The number of carbonyl (C=O) groups is 1.